The third kappa shape index (κ3) is 4.44. The normalized spacial score (nSPS) is 17.4. The molecule has 28 heavy (non-hydrogen) atoms. The molecular formula is C20H21Cl2N3O2S. The molecule has 2 aromatic carbocycles. The molecule has 5 nitrogen and oxygen atoms in total. The summed E-state index contributed by atoms with van der Waals surface area (Å²) < 4.78 is 26.1. The topological polar surface area (TPSA) is 64.4 Å². The van der Waals surface area contributed by atoms with E-state index in [1.165, 1.54) is 0 Å². The van der Waals surface area contributed by atoms with Crippen LogP contribution in [0.5, 0.6) is 0 Å². The first-order valence-electron chi connectivity index (χ1n) is 9.03. The van der Waals surface area contributed by atoms with Crippen LogP contribution in [-0.4, -0.2) is 37.6 Å². The molecule has 0 saturated carbocycles. The summed E-state index contributed by atoms with van der Waals surface area (Å²) in [6, 6.07) is 14.9. The third-order valence-electron chi connectivity index (χ3n) is 5.03. The number of sulfonamides is 1. The predicted octanol–water partition coefficient (Wildman–Crippen LogP) is 4.30. The van der Waals surface area contributed by atoms with E-state index in [0.29, 0.717) is 41.7 Å². The first-order valence-corrected chi connectivity index (χ1v) is 11.4. The number of nitrogens with zero attached hydrogens (tertiary/aromatic N) is 3. The molecular weight excluding hydrogens is 417 g/mol. The minimum Gasteiger partial charge on any atom is -0.363 e. The van der Waals surface area contributed by atoms with E-state index in [0.717, 1.165) is 11.3 Å². The monoisotopic (exact) mass is 437 g/mol. The van der Waals surface area contributed by atoms with Gasteiger partial charge in [0, 0.05) is 36.4 Å². The smallest absolute Gasteiger partial charge is 0.213 e. The van der Waals surface area contributed by atoms with E-state index in [2.05, 4.69) is 11.0 Å². The van der Waals surface area contributed by atoms with E-state index in [1.54, 1.807) is 23.4 Å². The van der Waals surface area contributed by atoms with E-state index < -0.39 is 10.0 Å². The van der Waals surface area contributed by atoms with Crippen molar-refractivity contribution in [3.8, 4) is 6.07 Å². The van der Waals surface area contributed by atoms with Crippen molar-refractivity contribution in [2.75, 3.05) is 23.7 Å². The van der Waals surface area contributed by atoms with Gasteiger partial charge in [-0.25, -0.2) is 8.42 Å². The fourth-order valence-corrected chi connectivity index (χ4v) is 4.98. The van der Waals surface area contributed by atoms with Crippen LogP contribution in [0.15, 0.2) is 42.5 Å². The van der Waals surface area contributed by atoms with Crippen LogP contribution in [-0.2, 0) is 16.6 Å². The van der Waals surface area contributed by atoms with Gasteiger partial charge in [0.25, 0.3) is 0 Å². The standard InChI is InChI=1S/C20H21Cl2N3O2S/c1-2-28(26,27)24-10-9-18(14-24)25(13-16-5-3-4-6-19(16)21)17-8-7-15(12-23)20(22)11-17/h3-8,11,18H,2,9-10,13-14H2,1H3/t18-/m0/s1. The van der Waals surface area contributed by atoms with Crippen molar-refractivity contribution < 1.29 is 8.42 Å². The van der Waals surface area contributed by atoms with Crippen LogP contribution in [0.3, 0.4) is 0 Å². The molecule has 1 heterocycles. The zero-order chi connectivity index (χ0) is 20.3. The lowest BCUT2D eigenvalue weighted by atomic mass is 10.1. The number of nitriles is 1. The maximum absolute atomic E-state index is 12.3. The van der Waals surface area contributed by atoms with Gasteiger partial charge in [-0.2, -0.15) is 9.57 Å². The van der Waals surface area contributed by atoms with Crippen LogP contribution in [0.25, 0.3) is 0 Å². The van der Waals surface area contributed by atoms with E-state index in [9.17, 15) is 8.42 Å². The molecule has 1 atom stereocenters. The Hall–Kier alpha value is -1.78. The molecule has 1 aliphatic heterocycles. The minimum absolute atomic E-state index is 0.0124. The van der Waals surface area contributed by atoms with Gasteiger partial charge < -0.3 is 4.90 Å². The quantitative estimate of drug-likeness (QED) is 0.675. The zero-order valence-electron chi connectivity index (χ0n) is 15.5. The van der Waals surface area contributed by atoms with Gasteiger partial charge in [0.15, 0.2) is 0 Å². The zero-order valence-corrected chi connectivity index (χ0v) is 17.8. The summed E-state index contributed by atoms with van der Waals surface area (Å²) in [7, 11) is -3.23. The van der Waals surface area contributed by atoms with Gasteiger partial charge in [-0.1, -0.05) is 41.4 Å². The maximum atomic E-state index is 12.3. The summed E-state index contributed by atoms with van der Waals surface area (Å²) >= 11 is 12.6. The van der Waals surface area contributed by atoms with Gasteiger partial charge in [0.05, 0.1) is 16.3 Å². The maximum Gasteiger partial charge on any atom is 0.213 e. The Balaban J connectivity index is 1.95. The summed E-state index contributed by atoms with van der Waals surface area (Å²) in [5.41, 5.74) is 2.19. The number of benzene rings is 2. The fraction of sp³-hybridized carbons (Fsp3) is 0.350. The average Bonchev–Trinajstić information content (AvgIpc) is 3.18. The lowest BCUT2D eigenvalue weighted by molar-refractivity contribution is 0.469. The SMILES string of the molecule is CCS(=O)(=O)N1CC[C@H](N(Cc2ccccc2Cl)c2ccc(C#N)c(Cl)c2)C1. The highest BCUT2D eigenvalue weighted by atomic mass is 35.5. The Labute approximate surface area is 176 Å². The first-order chi connectivity index (χ1) is 13.4. The van der Waals surface area contributed by atoms with Crippen LogP contribution >= 0.6 is 23.2 Å². The molecule has 0 bridgehead atoms. The average molecular weight is 438 g/mol. The van der Waals surface area contributed by atoms with Gasteiger partial charge in [-0.05, 0) is 43.2 Å². The number of hydrogen-bond donors (Lipinski definition) is 0. The molecule has 3 rings (SSSR count). The molecule has 0 aliphatic carbocycles. The summed E-state index contributed by atoms with van der Waals surface area (Å²) in [4.78, 5) is 2.12. The van der Waals surface area contributed by atoms with Crippen molar-refractivity contribution in [1.82, 2.24) is 4.31 Å². The molecule has 0 radical (unpaired) electrons. The molecule has 1 fully saturated rings. The summed E-state index contributed by atoms with van der Waals surface area (Å²) in [6.45, 7) is 3.08. The molecule has 1 aliphatic rings. The lowest BCUT2D eigenvalue weighted by Crippen LogP contribution is -2.39. The minimum atomic E-state index is -3.23. The van der Waals surface area contributed by atoms with Crippen molar-refractivity contribution in [2.24, 2.45) is 0 Å². The Morgan fingerprint density at radius 3 is 2.61 bits per heavy atom. The predicted molar refractivity (Wildman–Crippen MR) is 113 cm³/mol. The fourth-order valence-electron chi connectivity index (χ4n) is 3.41. The molecule has 0 N–H and O–H groups in total. The second kappa shape index (κ2) is 8.71. The highest BCUT2D eigenvalue weighted by Gasteiger charge is 2.34. The molecule has 0 spiro atoms. The van der Waals surface area contributed by atoms with Crippen LogP contribution < -0.4 is 4.90 Å². The van der Waals surface area contributed by atoms with Crippen LogP contribution in [0, 0.1) is 11.3 Å². The van der Waals surface area contributed by atoms with Crippen molar-refractivity contribution in [3.63, 3.8) is 0 Å². The molecule has 148 valence electrons. The van der Waals surface area contributed by atoms with E-state index in [4.69, 9.17) is 28.5 Å². The second-order valence-electron chi connectivity index (χ2n) is 6.70. The van der Waals surface area contributed by atoms with Gasteiger partial charge in [-0.3, -0.25) is 0 Å². The molecule has 0 unspecified atom stereocenters. The van der Waals surface area contributed by atoms with E-state index in [-0.39, 0.29) is 11.8 Å². The highest BCUT2D eigenvalue weighted by molar-refractivity contribution is 7.89. The third-order valence-corrected chi connectivity index (χ3v) is 7.56. The second-order valence-corrected chi connectivity index (χ2v) is 9.77. The van der Waals surface area contributed by atoms with Crippen molar-refractivity contribution >= 4 is 38.9 Å². The first kappa shape index (κ1) is 20.9. The molecule has 1 saturated heterocycles. The summed E-state index contributed by atoms with van der Waals surface area (Å²) in [5.74, 6) is 0.0902. The lowest BCUT2D eigenvalue weighted by Gasteiger charge is -2.32. The van der Waals surface area contributed by atoms with E-state index in [1.807, 2.05) is 30.3 Å². The number of rotatable bonds is 6. The highest BCUT2D eigenvalue weighted by Crippen LogP contribution is 2.31. The largest absolute Gasteiger partial charge is 0.363 e. The van der Waals surface area contributed by atoms with Crippen molar-refractivity contribution in [2.45, 2.75) is 25.9 Å². The Bertz CT molecular complexity index is 1000. The van der Waals surface area contributed by atoms with Crippen LogP contribution in [0.2, 0.25) is 10.0 Å². The van der Waals surface area contributed by atoms with E-state index >= 15 is 0 Å². The van der Waals surface area contributed by atoms with Gasteiger partial charge in [-0.15, -0.1) is 0 Å². The Morgan fingerprint density at radius 1 is 1.21 bits per heavy atom. The summed E-state index contributed by atoms with van der Waals surface area (Å²) in [6.07, 6.45) is 0.710. The Morgan fingerprint density at radius 2 is 1.96 bits per heavy atom. The number of halogens is 2. The Kier molecular flexibility index (Phi) is 6.51. The van der Waals surface area contributed by atoms with Crippen molar-refractivity contribution in [1.29, 1.82) is 5.26 Å². The van der Waals surface area contributed by atoms with Gasteiger partial charge >= 0.3 is 0 Å². The molecule has 8 heteroatoms. The molecule has 0 aromatic heterocycles. The molecule has 0 amide bonds. The van der Waals surface area contributed by atoms with Gasteiger partial charge in [0.1, 0.15) is 6.07 Å². The molecule has 2 aromatic rings. The van der Waals surface area contributed by atoms with Crippen molar-refractivity contribution in [3.05, 3.63) is 63.6 Å². The van der Waals surface area contributed by atoms with Gasteiger partial charge in [0.2, 0.25) is 10.0 Å². The number of anilines is 1. The van der Waals surface area contributed by atoms with Crippen LogP contribution in [0.4, 0.5) is 5.69 Å². The number of hydrogen-bond acceptors (Lipinski definition) is 4. The summed E-state index contributed by atoms with van der Waals surface area (Å²) in [5, 5.41) is 10.2. The van der Waals surface area contributed by atoms with Crippen LogP contribution in [0.1, 0.15) is 24.5 Å².